The normalized spacial score (nSPS) is 19.8. The quantitative estimate of drug-likeness (QED) is 0.867. The summed E-state index contributed by atoms with van der Waals surface area (Å²) >= 11 is 0. The second kappa shape index (κ2) is 9.36. The Morgan fingerprint density at radius 1 is 1.35 bits per heavy atom. The maximum absolute atomic E-state index is 12.5. The van der Waals surface area contributed by atoms with E-state index in [-0.39, 0.29) is 30.7 Å². The van der Waals surface area contributed by atoms with Crippen LogP contribution in [0.1, 0.15) is 42.1 Å². The highest BCUT2D eigenvalue weighted by molar-refractivity contribution is 5.97. The molecule has 2 aliphatic heterocycles. The van der Waals surface area contributed by atoms with E-state index in [1.807, 2.05) is 12.1 Å². The Morgan fingerprint density at radius 2 is 2.17 bits per heavy atom. The predicted octanol–water partition coefficient (Wildman–Crippen LogP) is 3.10. The molecule has 3 rings (SSSR count). The number of nitrogens with zero attached hydrogens (tertiary/aromatic N) is 1. The zero-order chi connectivity index (χ0) is 14.7. The van der Waals surface area contributed by atoms with Crippen LogP contribution in [0.4, 0.5) is 5.69 Å². The maximum atomic E-state index is 12.5. The molecule has 1 aromatic rings. The molecule has 130 valence electrons. The molecular weight excluding hydrogens is 333 g/mol. The molecule has 23 heavy (non-hydrogen) atoms. The second-order valence-electron chi connectivity index (χ2n) is 6.00. The van der Waals surface area contributed by atoms with Gasteiger partial charge in [-0.15, -0.1) is 24.8 Å². The molecule has 0 radical (unpaired) electrons. The van der Waals surface area contributed by atoms with E-state index in [1.54, 1.807) is 0 Å². The van der Waals surface area contributed by atoms with Crippen molar-refractivity contribution in [2.75, 3.05) is 31.5 Å². The first kappa shape index (κ1) is 20.1. The van der Waals surface area contributed by atoms with E-state index in [0.29, 0.717) is 6.04 Å². The number of halogens is 2. The van der Waals surface area contributed by atoms with Gasteiger partial charge in [0.2, 0.25) is 0 Å². The van der Waals surface area contributed by atoms with E-state index in [4.69, 9.17) is 0 Å². The minimum Gasteiger partial charge on any atom is -0.385 e. The lowest BCUT2D eigenvalue weighted by Gasteiger charge is -2.24. The lowest BCUT2D eigenvalue weighted by molar-refractivity contribution is 0.0940. The number of likely N-dealkylation sites (tertiary alicyclic amines) is 1. The summed E-state index contributed by atoms with van der Waals surface area (Å²) in [5.74, 6) is 0.0819. The first-order valence-corrected chi connectivity index (χ1v) is 8.17. The zero-order valence-electron chi connectivity index (χ0n) is 13.6. The maximum Gasteiger partial charge on any atom is 0.251 e. The molecule has 2 heterocycles. The van der Waals surface area contributed by atoms with Gasteiger partial charge in [0.1, 0.15) is 0 Å². The molecule has 0 aromatic heterocycles. The van der Waals surface area contributed by atoms with Crippen LogP contribution in [0.25, 0.3) is 0 Å². The summed E-state index contributed by atoms with van der Waals surface area (Å²) in [6.45, 7) is 6.21. The van der Waals surface area contributed by atoms with Crippen molar-refractivity contribution in [1.29, 1.82) is 0 Å². The van der Waals surface area contributed by atoms with Crippen LogP contribution in [-0.2, 0) is 6.42 Å². The molecular formula is C17H27Cl2N3O. The first-order valence-electron chi connectivity index (χ1n) is 8.17. The molecule has 1 atom stereocenters. The average molecular weight is 360 g/mol. The van der Waals surface area contributed by atoms with Gasteiger partial charge in [0.05, 0.1) is 0 Å². The highest BCUT2D eigenvalue weighted by atomic mass is 35.5. The molecule has 1 unspecified atom stereocenters. The molecule has 0 bridgehead atoms. The van der Waals surface area contributed by atoms with Gasteiger partial charge in [-0.3, -0.25) is 9.69 Å². The highest BCUT2D eigenvalue weighted by Gasteiger charge is 2.24. The van der Waals surface area contributed by atoms with Crippen LogP contribution < -0.4 is 10.6 Å². The number of anilines is 1. The van der Waals surface area contributed by atoms with E-state index in [9.17, 15) is 4.79 Å². The number of benzene rings is 1. The van der Waals surface area contributed by atoms with Gasteiger partial charge in [0.15, 0.2) is 0 Å². The Balaban J connectivity index is 0.00000132. The summed E-state index contributed by atoms with van der Waals surface area (Å²) in [4.78, 5) is 15.0. The molecule has 0 saturated carbocycles. The van der Waals surface area contributed by atoms with Crippen LogP contribution in [0.3, 0.4) is 0 Å². The number of carbonyl (C=O) groups is 1. The SMILES string of the molecule is CCN1CCCC1CNC(=O)c1cccc2c1CCCN2.Cl.Cl. The summed E-state index contributed by atoms with van der Waals surface area (Å²) in [5.41, 5.74) is 3.16. The summed E-state index contributed by atoms with van der Waals surface area (Å²) < 4.78 is 0. The average Bonchev–Trinajstić information content (AvgIpc) is 2.99. The lowest BCUT2D eigenvalue weighted by atomic mass is 9.97. The van der Waals surface area contributed by atoms with Gasteiger partial charge in [-0.05, 0) is 56.5 Å². The molecule has 1 fully saturated rings. The van der Waals surface area contributed by atoms with E-state index in [2.05, 4.69) is 28.5 Å². The van der Waals surface area contributed by atoms with E-state index < -0.39 is 0 Å². The Hall–Kier alpha value is -0.970. The standard InChI is InChI=1S/C17H25N3O.2ClH/c1-2-20-11-5-6-13(20)12-19-17(21)15-7-3-9-16-14(15)8-4-10-18-16;;/h3,7,9,13,18H,2,4-6,8,10-12H2,1H3,(H,19,21);2*1H. The van der Waals surface area contributed by atoms with Crippen molar-refractivity contribution in [3.63, 3.8) is 0 Å². The molecule has 0 aliphatic carbocycles. The van der Waals surface area contributed by atoms with Crippen molar-refractivity contribution in [2.45, 2.75) is 38.6 Å². The third-order valence-corrected chi connectivity index (χ3v) is 4.74. The Bertz CT molecular complexity index is 525. The van der Waals surface area contributed by atoms with Crippen LogP contribution in [0, 0.1) is 0 Å². The lowest BCUT2D eigenvalue weighted by Crippen LogP contribution is -2.40. The van der Waals surface area contributed by atoms with Crippen LogP contribution in [-0.4, -0.2) is 43.0 Å². The fourth-order valence-electron chi connectivity index (χ4n) is 3.57. The molecule has 1 amide bonds. The van der Waals surface area contributed by atoms with Crippen molar-refractivity contribution in [1.82, 2.24) is 10.2 Å². The summed E-state index contributed by atoms with van der Waals surface area (Å²) in [7, 11) is 0. The molecule has 2 N–H and O–H groups in total. The molecule has 4 nitrogen and oxygen atoms in total. The molecule has 1 saturated heterocycles. The Kier molecular flexibility index (Phi) is 8.17. The van der Waals surface area contributed by atoms with Crippen molar-refractivity contribution >= 4 is 36.4 Å². The minimum atomic E-state index is 0. The molecule has 2 aliphatic rings. The van der Waals surface area contributed by atoms with Gasteiger partial charge in [-0.25, -0.2) is 0 Å². The Labute approximate surface area is 151 Å². The molecule has 0 spiro atoms. The van der Waals surface area contributed by atoms with Gasteiger partial charge in [-0.1, -0.05) is 13.0 Å². The van der Waals surface area contributed by atoms with Crippen molar-refractivity contribution in [3.05, 3.63) is 29.3 Å². The number of amides is 1. The molecule has 1 aromatic carbocycles. The van der Waals surface area contributed by atoms with Crippen molar-refractivity contribution in [2.24, 2.45) is 0 Å². The third-order valence-electron chi connectivity index (χ3n) is 4.74. The number of rotatable bonds is 4. The van der Waals surface area contributed by atoms with E-state index >= 15 is 0 Å². The van der Waals surface area contributed by atoms with E-state index in [1.165, 1.54) is 24.9 Å². The van der Waals surface area contributed by atoms with E-state index in [0.717, 1.165) is 43.7 Å². The van der Waals surface area contributed by atoms with Crippen molar-refractivity contribution < 1.29 is 4.79 Å². The fraction of sp³-hybridized carbons (Fsp3) is 0.588. The third kappa shape index (κ3) is 4.52. The smallest absolute Gasteiger partial charge is 0.251 e. The second-order valence-corrected chi connectivity index (χ2v) is 6.00. The van der Waals surface area contributed by atoms with Gasteiger partial charge in [-0.2, -0.15) is 0 Å². The Morgan fingerprint density at radius 3 is 2.96 bits per heavy atom. The van der Waals surface area contributed by atoms with Crippen molar-refractivity contribution in [3.8, 4) is 0 Å². The van der Waals surface area contributed by atoms with Crippen LogP contribution in [0.15, 0.2) is 18.2 Å². The number of fused-ring (bicyclic) bond motifs is 1. The number of nitrogens with one attached hydrogen (secondary N) is 2. The van der Waals surface area contributed by atoms with Crippen LogP contribution >= 0.6 is 24.8 Å². The fourth-order valence-corrected chi connectivity index (χ4v) is 3.57. The summed E-state index contributed by atoms with van der Waals surface area (Å²) in [6.07, 6.45) is 4.54. The first-order chi connectivity index (χ1) is 10.3. The van der Waals surface area contributed by atoms with Gasteiger partial charge < -0.3 is 10.6 Å². The van der Waals surface area contributed by atoms with Gasteiger partial charge >= 0.3 is 0 Å². The number of likely N-dealkylation sites (N-methyl/N-ethyl adjacent to an activating group) is 1. The van der Waals surface area contributed by atoms with Crippen LogP contribution in [0.2, 0.25) is 0 Å². The summed E-state index contributed by atoms with van der Waals surface area (Å²) in [6, 6.07) is 6.51. The van der Waals surface area contributed by atoms with Gasteiger partial charge in [0, 0.05) is 30.4 Å². The number of carbonyl (C=O) groups excluding carboxylic acids is 1. The number of hydrogen-bond donors (Lipinski definition) is 2. The van der Waals surface area contributed by atoms with Crippen LogP contribution in [0.5, 0.6) is 0 Å². The zero-order valence-corrected chi connectivity index (χ0v) is 15.3. The topological polar surface area (TPSA) is 44.4 Å². The number of hydrogen-bond acceptors (Lipinski definition) is 3. The summed E-state index contributed by atoms with van der Waals surface area (Å²) in [5, 5.41) is 6.53. The largest absolute Gasteiger partial charge is 0.385 e. The predicted molar refractivity (Wildman–Crippen MR) is 100 cm³/mol. The minimum absolute atomic E-state index is 0. The highest BCUT2D eigenvalue weighted by Crippen LogP contribution is 2.25. The van der Waals surface area contributed by atoms with Gasteiger partial charge in [0.25, 0.3) is 5.91 Å². The monoisotopic (exact) mass is 359 g/mol. The molecule has 6 heteroatoms.